The highest BCUT2D eigenvalue weighted by molar-refractivity contribution is 9.10. The maximum atomic E-state index is 9.43. The van der Waals surface area contributed by atoms with Crippen molar-refractivity contribution in [3.8, 4) is 158 Å². The summed E-state index contributed by atoms with van der Waals surface area (Å²) >= 11 is 3.63. The van der Waals surface area contributed by atoms with Gasteiger partial charge in [0.2, 0.25) is 0 Å². The zero-order valence-corrected chi connectivity index (χ0v) is 63.8. The lowest BCUT2D eigenvalue weighted by molar-refractivity contribution is 0.426. The molecule has 6 heterocycles. The number of fused-ring (bicyclic) bond motifs is 16. The molecule has 548 valence electrons. The van der Waals surface area contributed by atoms with Crippen molar-refractivity contribution in [2.24, 2.45) is 0 Å². The molecule has 0 bridgehead atoms. The van der Waals surface area contributed by atoms with Crippen molar-refractivity contribution in [3.63, 3.8) is 0 Å². The van der Waals surface area contributed by atoms with Gasteiger partial charge in [-0.15, -0.1) is 0 Å². The van der Waals surface area contributed by atoms with E-state index in [-0.39, 0.29) is 0 Å². The molecule has 14 heteroatoms. The second-order valence-corrected chi connectivity index (χ2v) is 29.3. The van der Waals surface area contributed by atoms with Gasteiger partial charge in [0, 0.05) is 81.9 Å². The molecule has 0 spiro atoms. The minimum atomic E-state index is -1.46. The van der Waals surface area contributed by atoms with Crippen LogP contribution < -0.4 is 14.9 Å². The lowest BCUT2D eigenvalue weighted by Crippen LogP contribution is -2.29. The molecule has 0 radical (unpaired) electrons. The van der Waals surface area contributed by atoms with Gasteiger partial charge in [-0.25, -0.2) is 29.9 Å². The Kier molecular flexibility index (Phi) is 18.4. The first-order chi connectivity index (χ1) is 57.3. The van der Waals surface area contributed by atoms with Gasteiger partial charge in [-0.1, -0.05) is 307 Å². The van der Waals surface area contributed by atoms with Gasteiger partial charge in [0.15, 0.2) is 34.9 Å². The van der Waals surface area contributed by atoms with E-state index in [1.165, 1.54) is 21.8 Å². The molecular formula is C102H66BBrN8O4. The Hall–Kier alpha value is -14.8. The number of benzene rings is 16. The van der Waals surface area contributed by atoms with Crippen molar-refractivity contribution in [3.05, 3.63) is 393 Å². The maximum absolute atomic E-state index is 9.43. The Labute approximate surface area is 677 Å². The summed E-state index contributed by atoms with van der Waals surface area (Å²) in [4.78, 5) is 29.8. The first kappa shape index (κ1) is 70.3. The number of nitrogens with zero attached hydrogens (tertiary/aromatic N) is 8. The summed E-state index contributed by atoms with van der Waals surface area (Å²) in [6.07, 6.45) is 0. The van der Waals surface area contributed by atoms with Gasteiger partial charge in [0.1, 0.15) is 23.0 Å². The third-order valence-electron chi connectivity index (χ3n) is 21.3. The number of ether oxygens (including phenoxy) is 2. The van der Waals surface area contributed by atoms with Crippen LogP contribution in [0.3, 0.4) is 0 Å². The molecule has 22 rings (SSSR count). The summed E-state index contributed by atoms with van der Waals surface area (Å²) in [7, 11) is -1.46. The van der Waals surface area contributed by atoms with E-state index in [2.05, 4.69) is 213 Å². The number of aromatic nitrogens is 8. The lowest BCUT2D eigenvalue weighted by atomic mass is 9.80. The molecule has 116 heavy (non-hydrogen) atoms. The Morgan fingerprint density at radius 1 is 0.233 bits per heavy atom. The first-order valence-electron chi connectivity index (χ1n) is 38.3. The summed E-state index contributed by atoms with van der Waals surface area (Å²) in [5, 5.41) is 23.4. The molecule has 0 fully saturated rings. The van der Waals surface area contributed by atoms with Crippen LogP contribution in [-0.4, -0.2) is 56.2 Å². The molecule has 0 atom stereocenters. The van der Waals surface area contributed by atoms with Crippen LogP contribution in [0, 0.1) is 0 Å². The van der Waals surface area contributed by atoms with Gasteiger partial charge >= 0.3 is 7.12 Å². The Balaban J connectivity index is 0.000000124. The smallest absolute Gasteiger partial charge is 0.455 e. The predicted molar refractivity (Wildman–Crippen MR) is 472 cm³/mol. The predicted octanol–water partition coefficient (Wildman–Crippen LogP) is 24.6. The quantitative estimate of drug-likeness (QED) is 0.127. The van der Waals surface area contributed by atoms with Gasteiger partial charge in [-0.05, 0) is 136 Å². The Bertz CT molecular complexity index is 7020. The third kappa shape index (κ3) is 13.2. The molecule has 0 aliphatic carbocycles. The highest BCUT2D eigenvalue weighted by Crippen LogP contribution is 2.53. The monoisotopic (exact) mass is 1560 g/mol. The van der Waals surface area contributed by atoms with E-state index in [9.17, 15) is 10.0 Å². The Morgan fingerprint density at radius 2 is 0.552 bits per heavy atom. The van der Waals surface area contributed by atoms with Crippen LogP contribution >= 0.6 is 15.9 Å². The van der Waals surface area contributed by atoms with Crippen molar-refractivity contribution >= 4 is 72.1 Å². The second-order valence-electron chi connectivity index (χ2n) is 28.3. The minimum absolute atomic E-state index is 0.503. The van der Waals surface area contributed by atoms with Gasteiger partial charge in [0.25, 0.3) is 0 Å². The molecule has 0 saturated carbocycles. The zero-order chi connectivity index (χ0) is 77.6. The highest BCUT2D eigenvalue weighted by atomic mass is 79.9. The molecule has 2 aliphatic heterocycles. The number of para-hydroxylation sites is 6. The number of hydrogen-bond acceptors (Lipinski definition) is 10. The fourth-order valence-electron chi connectivity index (χ4n) is 15.9. The van der Waals surface area contributed by atoms with E-state index in [1.54, 1.807) is 6.07 Å². The van der Waals surface area contributed by atoms with Crippen LogP contribution in [0.2, 0.25) is 0 Å². The average Bonchev–Trinajstić information content (AvgIpc) is 1.61. The molecule has 16 aromatic carbocycles. The van der Waals surface area contributed by atoms with Crippen molar-refractivity contribution in [2.45, 2.75) is 0 Å². The average molecular weight is 1560 g/mol. The van der Waals surface area contributed by atoms with E-state index < -0.39 is 7.12 Å². The van der Waals surface area contributed by atoms with Gasteiger partial charge in [-0.3, -0.25) is 0 Å². The molecule has 0 unspecified atom stereocenters. The summed E-state index contributed by atoms with van der Waals surface area (Å²) in [5.74, 6) is 6.56. The zero-order valence-electron chi connectivity index (χ0n) is 62.2. The number of hydrogen-bond donors (Lipinski definition) is 2. The SMILES string of the molecule is Brc1ccc2c(c1)-c1ccccc1-c1cccc(-c3nc(-c4ccccc4)nc(-c4ccccc4)n3)c1O2.OB(O)c1ccc2c(c1)c1ccccc1n2-c1ccccc1.c1ccc(-c2nc(-c3ccccc3)nc(-c3cccc4c3Oc3ccc(-c5ccc6c(c5)c5ccccc5n6-c5ccccc5)cc3-c3ccccc3-4)n2)cc1. The van der Waals surface area contributed by atoms with Crippen LogP contribution in [0.15, 0.2) is 393 Å². The van der Waals surface area contributed by atoms with Crippen LogP contribution in [0.5, 0.6) is 23.0 Å². The van der Waals surface area contributed by atoms with Crippen molar-refractivity contribution in [1.82, 2.24) is 39.0 Å². The van der Waals surface area contributed by atoms with Gasteiger partial charge in [0.05, 0.1) is 33.2 Å². The van der Waals surface area contributed by atoms with E-state index >= 15 is 0 Å². The van der Waals surface area contributed by atoms with Crippen molar-refractivity contribution in [2.75, 3.05) is 0 Å². The molecule has 12 nitrogen and oxygen atoms in total. The van der Waals surface area contributed by atoms with Gasteiger partial charge < -0.3 is 28.7 Å². The molecule has 0 saturated heterocycles. The molecule has 4 aromatic heterocycles. The standard InChI is InChI=1S/C51H32N4O.C33H20BrN3O.C18H14BNO2/c1-4-15-33(16-5-1)49-52-50(34-17-6-2-7-18-34)54-51(53-49)42-25-14-24-41-38-21-10-11-22-39(38)44-32-36(28-30-47(44)56-48(41)42)35-27-29-46-43(31-35)40-23-12-13-26-45(40)55(46)37-19-8-3-9-20-37;34-23-18-19-29-28(20-23)25-15-8-7-14-24(25)26-16-9-17-27(30(26)38-29)33-36-31(21-10-3-1-4-11-21)35-32(37-33)22-12-5-2-6-13-22;21-19(22)13-10-11-18-16(12-13)15-8-4-5-9-17(15)20(18)14-6-2-1-3-7-14/h1-32H;1-20H;1-12,21-22H. The van der Waals surface area contributed by atoms with E-state index in [0.29, 0.717) is 46.2 Å². The topological polar surface area (TPSA) is 146 Å². The summed E-state index contributed by atoms with van der Waals surface area (Å²) in [6.45, 7) is 0. The highest BCUT2D eigenvalue weighted by Gasteiger charge is 2.29. The minimum Gasteiger partial charge on any atom is -0.455 e. The second kappa shape index (κ2) is 30.4. The van der Waals surface area contributed by atoms with Gasteiger partial charge in [-0.2, -0.15) is 0 Å². The fourth-order valence-corrected chi connectivity index (χ4v) is 16.2. The number of rotatable bonds is 10. The van der Waals surface area contributed by atoms with Crippen molar-refractivity contribution in [1.29, 1.82) is 0 Å². The number of halogens is 1. The molecule has 2 aliphatic rings. The van der Waals surface area contributed by atoms with E-state index in [4.69, 9.17) is 39.4 Å². The van der Waals surface area contributed by atoms with E-state index in [0.717, 1.165) is 144 Å². The maximum Gasteiger partial charge on any atom is 0.488 e. The molecule has 2 N–H and O–H groups in total. The van der Waals surface area contributed by atoms with E-state index in [1.807, 2.05) is 194 Å². The summed E-state index contributed by atoms with van der Waals surface area (Å²) < 4.78 is 19.3. The van der Waals surface area contributed by atoms with Crippen LogP contribution in [0.1, 0.15) is 0 Å². The third-order valence-corrected chi connectivity index (χ3v) is 21.8. The fraction of sp³-hybridized carbons (Fsp3) is 0. The molecular weight excluding hydrogens is 1490 g/mol. The van der Waals surface area contributed by atoms with Crippen LogP contribution in [0.25, 0.3) is 179 Å². The van der Waals surface area contributed by atoms with Crippen LogP contribution in [0.4, 0.5) is 0 Å². The summed E-state index contributed by atoms with van der Waals surface area (Å²) in [5.41, 5.74) is 23.3. The largest absolute Gasteiger partial charge is 0.488 e. The van der Waals surface area contributed by atoms with Crippen LogP contribution in [-0.2, 0) is 0 Å². The Morgan fingerprint density at radius 3 is 0.991 bits per heavy atom. The summed E-state index contributed by atoms with van der Waals surface area (Å²) in [6, 6.07) is 132. The lowest BCUT2D eigenvalue weighted by Gasteiger charge is -2.15. The van der Waals surface area contributed by atoms with Crippen molar-refractivity contribution < 1.29 is 19.5 Å². The normalized spacial score (nSPS) is 11.5. The first-order valence-corrected chi connectivity index (χ1v) is 39.1. The molecule has 20 aromatic rings. The molecule has 0 amide bonds.